The molecule has 37 heavy (non-hydrogen) atoms. The average molecular weight is 525 g/mol. The molecule has 1 N–H and O–H groups in total. The second kappa shape index (κ2) is 11.0. The summed E-state index contributed by atoms with van der Waals surface area (Å²) in [6.07, 6.45) is -0.920. The van der Waals surface area contributed by atoms with Crippen LogP contribution < -0.4 is 5.32 Å². The maximum absolute atomic E-state index is 13.8. The number of carbonyl (C=O) groups is 2. The van der Waals surface area contributed by atoms with Gasteiger partial charge in [0.15, 0.2) is 8.32 Å². The molecule has 0 aromatic heterocycles. The number of β-lactam (4-membered cyclic amide) rings is 1. The quantitative estimate of drug-likeness (QED) is 0.309. The van der Waals surface area contributed by atoms with Crippen LogP contribution in [-0.4, -0.2) is 43.0 Å². The summed E-state index contributed by atoms with van der Waals surface area (Å²) in [5.74, 6) is -0.470. The lowest BCUT2D eigenvalue weighted by Gasteiger charge is -2.52. The first-order valence-corrected chi connectivity index (χ1v) is 16.1. The first-order chi connectivity index (χ1) is 17.1. The van der Waals surface area contributed by atoms with E-state index in [1.165, 1.54) is 0 Å². The van der Waals surface area contributed by atoms with Crippen molar-refractivity contribution in [1.29, 1.82) is 0 Å². The molecule has 4 atom stereocenters. The Kier molecular flexibility index (Phi) is 8.59. The highest BCUT2D eigenvalue weighted by Gasteiger charge is 2.54. The Morgan fingerprint density at radius 2 is 1.51 bits per heavy atom. The first-order valence-electron chi connectivity index (χ1n) is 13.2. The molecule has 2 aromatic rings. The Hall–Kier alpha value is -2.64. The molecule has 7 heteroatoms. The van der Waals surface area contributed by atoms with Crippen LogP contribution in [-0.2, 0) is 20.5 Å². The molecule has 2 amide bonds. The summed E-state index contributed by atoms with van der Waals surface area (Å²) in [7, 11) is -2.18. The molecule has 1 saturated heterocycles. The Morgan fingerprint density at radius 3 is 2.03 bits per heavy atom. The Bertz CT molecular complexity index is 1060. The van der Waals surface area contributed by atoms with E-state index in [1.807, 2.05) is 93.3 Å². The minimum atomic E-state index is -2.18. The van der Waals surface area contributed by atoms with Crippen LogP contribution in [0.4, 0.5) is 4.79 Å². The highest BCUT2D eigenvalue weighted by Crippen LogP contribution is 2.45. The second-order valence-electron chi connectivity index (χ2n) is 12.6. The summed E-state index contributed by atoms with van der Waals surface area (Å²) >= 11 is 0. The zero-order chi connectivity index (χ0) is 27.6. The van der Waals surface area contributed by atoms with Crippen molar-refractivity contribution in [3.05, 3.63) is 71.8 Å². The maximum atomic E-state index is 13.8. The van der Waals surface area contributed by atoms with Crippen molar-refractivity contribution in [3.63, 3.8) is 0 Å². The molecule has 3 rings (SSSR count). The van der Waals surface area contributed by atoms with E-state index in [0.717, 1.165) is 11.1 Å². The molecule has 1 heterocycles. The molecule has 2 aromatic carbocycles. The Morgan fingerprint density at radius 1 is 0.973 bits per heavy atom. The predicted molar refractivity (Wildman–Crippen MR) is 151 cm³/mol. The van der Waals surface area contributed by atoms with Gasteiger partial charge in [-0.1, -0.05) is 81.4 Å². The predicted octanol–water partition coefficient (Wildman–Crippen LogP) is 6.69. The van der Waals surface area contributed by atoms with Gasteiger partial charge in [-0.2, -0.15) is 0 Å². The number of likely N-dealkylation sites (tertiary alicyclic amines) is 1. The molecular weight excluding hydrogens is 480 g/mol. The minimum absolute atomic E-state index is 0.00412. The molecule has 1 fully saturated rings. The normalized spacial score (nSPS) is 20.1. The van der Waals surface area contributed by atoms with Gasteiger partial charge in [0.2, 0.25) is 5.91 Å². The van der Waals surface area contributed by atoms with Crippen molar-refractivity contribution in [2.75, 3.05) is 0 Å². The van der Waals surface area contributed by atoms with E-state index >= 15 is 0 Å². The molecule has 0 saturated carbocycles. The smallest absolute Gasteiger partial charge is 0.407 e. The number of nitrogens with zero attached hydrogens (tertiary/aromatic N) is 1. The third kappa shape index (κ3) is 7.02. The number of nitrogens with one attached hydrogen (secondary N) is 1. The Labute approximate surface area is 223 Å². The number of rotatable bonds is 8. The third-order valence-corrected chi connectivity index (χ3v) is 12.0. The maximum Gasteiger partial charge on any atom is 0.407 e. The number of amides is 2. The largest absolute Gasteiger partial charge is 0.444 e. The van der Waals surface area contributed by atoms with Crippen molar-refractivity contribution in [1.82, 2.24) is 10.2 Å². The van der Waals surface area contributed by atoms with Gasteiger partial charge in [0.05, 0.1) is 24.1 Å². The lowest BCUT2D eigenvalue weighted by atomic mass is 9.75. The van der Waals surface area contributed by atoms with Gasteiger partial charge in [-0.3, -0.25) is 4.79 Å². The fraction of sp³-hybridized carbons (Fsp3) is 0.533. The zero-order valence-electron chi connectivity index (χ0n) is 23.9. The Balaban J connectivity index is 1.97. The molecule has 0 spiro atoms. The van der Waals surface area contributed by atoms with Crippen LogP contribution in [0.2, 0.25) is 18.1 Å². The number of alkyl carbamates (subject to hydrolysis) is 1. The third-order valence-electron chi connectivity index (χ3n) is 7.44. The summed E-state index contributed by atoms with van der Waals surface area (Å²) in [5, 5.41) is 3.04. The summed E-state index contributed by atoms with van der Waals surface area (Å²) in [4.78, 5) is 28.7. The summed E-state index contributed by atoms with van der Waals surface area (Å²) < 4.78 is 12.4. The summed E-state index contributed by atoms with van der Waals surface area (Å²) in [6, 6.07) is 19.3. The second-order valence-corrected chi connectivity index (χ2v) is 17.3. The van der Waals surface area contributed by atoms with Crippen LogP contribution in [0.25, 0.3) is 0 Å². The molecule has 0 radical (unpaired) electrons. The van der Waals surface area contributed by atoms with Crippen molar-refractivity contribution in [2.24, 2.45) is 5.92 Å². The van der Waals surface area contributed by atoms with E-state index in [4.69, 9.17) is 9.16 Å². The van der Waals surface area contributed by atoms with Gasteiger partial charge < -0.3 is 19.4 Å². The van der Waals surface area contributed by atoms with Crippen LogP contribution in [0.5, 0.6) is 0 Å². The topological polar surface area (TPSA) is 67.9 Å². The van der Waals surface area contributed by atoms with E-state index in [9.17, 15) is 9.59 Å². The average Bonchev–Trinajstić information content (AvgIpc) is 2.78. The van der Waals surface area contributed by atoms with E-state index < -0.39 is 32.0 Å². The van der Waals surface area contributed by atoms with Crippen LogP contribution in [0, 0.1) is 5.92 Å². The van der Waals surface area contributed by atoms with Crippen LogP contribution in [0.15, 0.2) is 60.7 Å². The van der Waals surface area contributed by atoms with Crippen LogP contribution in [0.1, 0.15) is 65.6 Å². The van der Waals surface area contributed by atoms with Gasteiger partial charge in [-0.15, -0.1) is 0 Å². The fourth-order valence-electron chi connectivity index (χ4n) is 4.58. The van der Waals surface area contributed by atoms with Crippen molar-refractivity contribution in [3.8, 4) is 0 Å². The molecule has 6 nitrogen and oxygen atoms in total. The van der Waals surface area contributed by atoms with Gasteiger partial charge in [-0.05, 0) is 57.0 Å². The summed E-state index contributed by atoms with van der Waals surface area (Å²) in [5.41, 5.74) is 1.45. The minimum Gasteiger partial charge on any atom is -0.444 e. The van der Waals surface area contributed by atoms with Gasteiger partial charge in [0.25, 0.3) is 0 Å². The van der Waals surface area contributed by atoms with Gasteiger partial charge in [0.1, 0.15) is 5.60 Å². The molecular formula is C30H44N2O4Si. The number of ether oxygens (including phenoxy) is 1. The molecule has 202 valence electrons. The van der Waals surface area contributed by atoms with E-state index in [-0.39, 0.29) is 23.1 Å². The van der Waals surface area contributed by atoms with Crippen molar-refractivity contribution >= 4 is 20.3 Å². The SMILES string of the molecule is C[C@@H](O[Si](C)(C)C(C)(C)C)[C@@H](NC(=O)OC(C)(C)C)[C@H]1C(=O)N(Cc2ccccc2)[C@@H]1c1ccccc1. The number of hydrogen-bond donors (Lipinski definition) is 1. The molecule has 0 aliphatic carbocycles. The van der Waals surface area contributed by atoms with Crippen LogP contribution >= 0.6 is 0 Å². The van der Waals surface area contributed by atoms with E-state index in [0.29, 0.717) is 6.54 Å². The van der Waals surface area contributed by atoms with Gasteiger partial charge >= 0.3 is 6.09 Å². The monoisotopic (exact) mass is 524 g/mol. The van der Waals surface area contributed by atoms with E-state index in [2.05, 4.69) is 39.2 Å². The fourth-order valence-corrected chi connectivity index (χ4v) is 6.01. The molecule has 1 aliphatic heterocycles. The number of benzene rings is 2. The zero-order valence-corrected chi connectivity index (χ0v) is 24.9. The van der Waals surface area contributed by atoms with Gasteiger partial charge in [-0.25, -0.2) is 4.79 Å². The van der Waals surface area contributed by atoms with Crippen molar-refractivity contribution in [2.45, 2.75) is 96.9 Å². The lowest BCUT2D eigenvalue weighted by molar-refractivity contribution is -0.162. The number of carbonyl (C=O) groups excluding carboxylic acids is 2. The molecule has 0 bridgehead atoms. The van der Waals surface area contributed by atoms with Gasteiger partial charge in [0, 0.05) is 6.54 Å². The van der Waals surface area contributed by atoms with Crippen molar-refractivity contribution < 1.29 is 18.8 Å². The standard InChI is InChI=1S/C30H44N2O4Si/c1-21(36-37(8,9)30(5,6)7)25(31-28(34)35-29(2,3)4)24-26(23-18-14-11-15-19-23)32(27(24)33)20-22-16-12-10-13-17-22/h10-19,21,24-26H,20H2,1-9H3,(H,31,34)/t21-,24-,25-,26-/m1/s1. The first kappa shape index (κ1) is 28.9. The molecule has 0 unspecified atom stereocenters. The van der Waals surface area contributed by atoms with E-state index in [1.54, 1.807) is 0 Å². The highest BCUT2D eigenvalue weighted by molar-refractivity contribution is 6.74. The number of hydrogen-bond acceptors (Lipinski definition) is 4. The lowest BCUT2D eigenvalue weighted by Crippen LogP contribution is -2.65. The molecule has 1 aliphatic rings. The highest BCUT2D eigenvalue weighted by atomic mass is 28.4. The van der Waals surface area contributed by atoms with Crippen LogP contribution in [0.3, 0.4) is 0 Å². The summed E-state index contributed by atoms with van der Waals surface area (Å²) in [6.45, 7) is 18.9.